The van der Waals surface area contributed by atoms with Gasteiger partial charge in [0.1, 0.15) is 5.75 Å². The average Bonchev–Trinajstić information content (AvgIpc) is 2.61. The smallest absolute Gasteiger partial charge is 0.344 e. The van der Waals surface area contributed by atoms with E-state index >= 15 is 0 Å². The van der Waals surface area contributed by atoms with Crippen molar-refractivity contribution in [2.75, 3.05) is 19.8 Å². The molecule has 0 unspecified atom stereocenters. The standard InChI is InChI=1S/C19H20O5/c1-3-22-18(20)13-24-17-11-9-15(10-12-17)14-5-7-16(8-6-14)19(21)23-4-2/h5-12H,3-4,13H2,1-2H3. The van der Waals surface area contributed by atoms with Crippen molar-refractivity contribution < 1.29 is 23.8 Å². The molecule has 0 N–H and O–H groups in total. The number of hydrogen-bond acceptors (Lipinski definition) is 5. The van der Waals surface area contributed by atoms with Gasteiger partial charge in [0.05, 0.1) is 18.8 Å². The fourth-order valence-electron chi connectivity index (χ4n) is 2.10. The van der Waals surface area contributed by atoms with Crippen molar-refractivity contribution >= 4 is 11.9 Å². The zero-order chi connectivity index (χ0) is 17.4. The van der Waals surface area contributed by atoms with Crippen LogP contribution in [-0.4, -0.2) is 31.8 Å². The number of carbonyl (C=O) groups is 2. The first-order valence-electron chi connectivity index (χ1n) is 7.80. The fraction of sp³-hybridized carbons (Fsp3) is 0.263. The highest BCUT2D eigenvalue weighted by molar-refractivity contribution is 5.90. The summed E-state index contributed by atoms with van der Waals surface area (Å²) in [4.78, 5) is 22.9. The SMILES string of the molecule is CCOC(=O)COc1ccc(-c2ccc(C(=O)OCC)cc2)cc1. The van der Waals surface area contributed by atoms with Crippen LogP contribution in [-0.2, 0) is 14.3 Å². The van der Waals surface area contributed by atoms with Gasteiger partial charge in [-0.15, -0.1) is 0 Å². The molecule has 24 heavy (non-hydrogen) atoms. The molecule has 2 aromatic carbocycles. The highest BCUT2D eigenvalue weighted by Gasteiger charge is 2.07. The Hall–Kier alpha value is -2.82. The van der Waals surface area contributed by atoms with Gasteiger partial charge in [0.15, 0.2) is 6.61 Å². The van der Waals surface area contributed by atoms with Crippen molar-refractivity contribution in [3.63, 3.8) is 0 Å². The second-order valence-electron chi connectivity index (χ2n) is 4.92. The van der Waals surface area contributed by atoms with E-state index in [1.54, 1.807) is 38.1 Å². The minimum absolute atomic E-state index is 0.110. The monoisotopic (exact) mass is 328 g/mol. The number of rotatable bonds is 7. The molecule has 2 rings (SSSR count). The van der Waals surface area contributed by atoms with E-state index in [9.17, 15) is 9.59 Å². The lowest BCUT2D eigenvalue weighted by Crippen LogP contribution is -2.14. The third kappa shape index (κ3) is 4.84. The minimum Gasteiger partial charge on any atom is -0.482 e. The second-order valence-corrected chi connectivity index (χ2v) is 4.92. The summed E-state index contributed by atoms with van der Waals surface area (Å²) in [7, 11) is 0. The molecule has 0 fully saturated rings. The number of hydrogen-bond donors (Lipinski definition) is 0. The van der Waals surface area contributed by atoms with Crippen LogP contribution >= 0.6 is 0 Å². The van der Waals surface area contributed by atoms with Crippen molar-refractivity contribution in [1.82, 2.24) is 0 Å². The lowest BCUT2D eigenvalue weighted by atomic mass is 10.0. The Bertz CT molecular complexity index is 674. The molecule has 0 atom stereocenters. The van der Waals surface area contributed by atoms with E-state index in [1.165, 1.54) is 0 Å². The average molecular weight is 328 g/mol. The summed E-state index contributed by atoms with van der Waals surface area (Å²) in [5, 5.41) is 0. The van der Waals surface area contributed by atoms with Crippen LogP contribution in [0.15, 0.2) is 48.5 Å². The van der Waals surface area contributed by atoms with Crippen molar-refractivity contribution in [3.8, 4) is 16.9 Å². The molecule has 0 aliphatic rings. The summed E-state index contributed by atoms with van der Waals surface area (Å²) in [5.74, 6) is -0.127. The van der Waals surface area contributed by atoms with Gasteiger partial charge in [0, 0.05) is 0 Å². The molecule has 2 aromatic rings. The molecular weight excluding hydrogens is 308 g/mol. The molecule has 0 amide bonds. The van der Waals surface area contributed by atoms with Crippen LogP contribution in [0.25, 0.3) is 11.1 Å². The molecule has 126 valence electrons. The first-order valence-corrected chi connectivity index (χ1v) is 7.80. The Morgan fingerprint density at radius 1 is 0.792 bits per heavy atom. The minimum atomic E-state index is -0.392. The molecule has 0 aliphatic carbocycles. The van der Waals surface area contributed by atoms with Gasteiger partial charge in [0.2, 0.25) is 0 Å². The Kier molecular flexibility index (Phi) is 6.37. The zero-order valence-electron chi connectivity index (χ0n) is 13.8. The fourth-order valence-corrected chi connectivity index (χ4v) is 2.10. The second kappa shape index (κ2) is 8.72. The Morgan fingerprint density at radius 2 is 1.33 bits per heavy atom. The van der Waals surface area contributed by atoms with Crippen LogP contribution in [0, 0.1) is 0 Å². The summed E-state index contributed by atoms with van der Waals surface area (Å²) in [6.07, 6.45) is 0. The van der Waals surface area contributed by atoms with E-state index in [0.29, 0.717) is 24.5 Å². The van der Waals surface area contributed by atoms with E-state index in [2.05, 4.69) is 0 Å². The topological polar surface area (TPSA) is 61.8 Å². The molecule has 0 saturated heterocycles. The van der Waals surface area contributed by atoms with Crippen LogP contribution in [0.3, 0.4) is 0 Å². The number of esters is 2. The Balaban J connectivity index is 2.00. The van der Waals surface area contributed by atoms with Gasteiger partial charge in [-0.25, -0.2) is 9.59 Å². The molecule has 0 aliphatic heterocycles. The highest BCUT2D eigenvalue weighted by atomic mass is 16.6. The first-order chi connectivity index (χ1) is 11.6. The molecule has 0 aromatic heterocycles. The molecule has 0 saturated carbocycles. The summed E-state index contributed by atoms with van der Waals surface area (Å²) < 4.78 is 15.1. The molecule has 0 spiro atoms. The maximum Gasteiger partial charge on any atom is 0.344 e. The van der Waals surface area contributed by atoms with Crippen LogP contribution < -0.4 is 4.74 Å². The maximum absolute atomic E-state index is 11.6. The van der Waals surface area contributed by atoms with Crippen LogP contribution in [0.2, 0.25) is 0 Å². The van der Waals surface area contributed by atoms with Gasteiger partial charge in [0.25, 0.3) is 0 Å². The third-order valence-corrected chi connectivity index (χ3v) is 3.25. The van der Waals surface area contributed by atoms with Crippen molar-refractivity contribution in [2.45, 2.75) is 13.8 Å². The van der Waals surface area contributed by atoms with Gasteiger partial charge in [-0.05, 0) is 49.2 Å². The summed E-state index contributed by atoms with van der Waals surface area (Å²) in [5.41, 5.74) is 2.48. The van der Waals surface area contributed by atoms with E-state index in [1.807, 2.05) is 24.3 Å². The van der Waals surface area contributed by atoms with Gasteiger partial charge in [-0.1, -0.05) is 24.3 Å². The molecule has 5 nitrogen and oxygen atoms in total. The maximum atomic E-state index is 11.6. The molecule has 0 radical (unpaired) electrons. The highest BCUT2D eigenvalue weighted by Crippen LogP contribution is 2.23. The van der Waals surface area contributed by atoms with Crippen molar-refractivity contribution in [2.24, 2.45) is 0 Å². The van der Waals surface area contributed by atoms with E-state index < -0.39 is 5.97 Å². The largest absolute Gasteiger partial charge is 0.482 e. The van der Waals surface area contributed by atoms with Crippen LogP contribution in [0.4, 0.5) is 0 Å². The van der Waals surface area contributed by atoms with Gasteiger partial charge >= 0.3 is 11.9 Å². The number of benzene rings is 2. The lowest BCUT2D eigenvalue weighted by molar-refractivity contribution is -0.145. The predicted molar refractivity (Wildman–Crippen MR) is 90.0 cm³/mol. The zero-order valence-corrected chi connectivity index (χ0v) is 13.8. The van der Waals surface area contributed by atoms with E-state index in [-0.39, 0.29) is 12.6 Å². The molecule has 0 bridgehead atoms. The van der Waals surface area contributed by atoms with E-state index in [0.717, 1.165) is 11.1 Å². The molecule has 5 heteroatoms. The van der Waals surface area contributed by atoms with Gasteiger partial charge in [-0.3, -0.25) is 0 Å². The van der Waals surface area contributed by atoms with Gasteiger partial charge in [-0.2, -0.15) is 0 Å². The molecule has 0 heterocycles. The van der Waals surface area contributed by atoms with Crippen LogP contribution in [0.5, 0.6) is 5.75 Å². The van der Waals surface area contributed by atoms with E-state index in [4.69, 9.17) is 14.2 Å². The summed E-state index contributed by atoms with van der Waals surface area (Å²) >= 11 is 0. The van der Waals surface area contributed by atoms with Crippen molar-refractivity contribution in [3.05, 3.63) is 54.1 Å². The number of ether oxygens (including phenoxy) is 3. The van der Waals surface area contributed by atoms with Gasteiger partial charge < -0.3 is 14.2 Å². The Labute approximate surface area is 141 Å². The predicted octanol–water partition coefficient (Wildman–Crippen LogP) is 3.47. The normalized spacial score (nSPS) is 10.1. The first kappa shape index (κ1) is 17.5. The quantitative estimate of drug-likeness (QED) is 0.728. The number of carbonyl (C=O) groups excluding carboxylic acids is 2. The third-order valence-electron chi connectivity index (χ3n) is 3.25. The summed E-state index contributed by atoms with van der Waals surface area (Å²) in [6, 6.07) is 14.5. The van der Waals surface area contributed by atoms with Crippen molar-refractivity contribution in [1.29, 1.82) is 0 Å². The lowest BCUT2D eigenvalue weighted by Gasteiger charge is -2.07. The van der Waals surface area contributed by atoms with Crippen LogP contribution in [0.1, 0.15) is 24.2 Å². The molecular formula is C19H20O5. The Morgan fingerprint density at radius 3 is 1.88 bits per heavy atom. The summed E-state index contributed by atoms with van der Waals surface area (Å²) in [6.45, 7) is 4.11.